The van der Waals surface area contributed by atoms with E-state index in [1.807, 2.05) is 24.3 Å². The van der Waals surface area contributed by atoms with Gasteiger partial charge in [0.25, 0.3) is 0 Å². The van der Waals surface area contributed by atoms with Crippen LogP contribution in [-0.2, 0) is 16.4 Å². The molecule has 0 amide bonds. The van der Waals surface area contributed by atoms with Gasteiger partial charge in [-0.2, -0.15) is 0 Å². The Balaban J connectivity index is 1.81. The summed E-state index contributed by atoms with van der Waals surface area (Å²) in [4.78, 5) is 15.2. The normalized spacial score (nSPS) is 11.7. The molecule has 0 fully saturated rings. The first kappa shape index (κ1) is 16.4. The van der Waals surface area contributed by atoms with Crippen LogP contribution in [0.3, 0.4) is 0 Å². The standard InChI is InChI=1S/C18H18N2O3S/c1-13(21)18-16(15-9-5-6-10-17(15)20-18)11-12-19-24(22,23)14-7-3-2-4-8-14/h2-10,19-20H,11-12H2,1H3. The molecule has 3 rings (SSSR count). The summed E-state index contributed by atoms with van der Waals surface area (Å²) in [6.45, 7) is 1.72. The molecule has 6 heteroatoms. The van der Waals surface area contributed by atoms with Crippen LogP contribution in [0.2, 0.25) is 0 Å². The van der Waals surface area contributed by atoms with Crippen molar-refractivity contribution in [2.45, 2.75) is 18.2 Å². The van der Waals surface area contributed by atoms with Crippen molar-refractivity contribution in [3.8, 4) is 0 Å². The number of hydrogen-bond donors (Lipinski definition) is 2. The van der Waals surface area contributed by atoms with E-state index in [0.29, 0.717) is 12.1 Å². The number of ketones is 1. The predicted molar refractivity (Wildman–Crippen MR) is 93.6 cm³/mol. The zero-order chi connectivity index (χ0) is 17.2. The van der Waals surface area contributed by atoms with Gasteiger partial charge in [-0.05, 0) is 30.2 Å². The van der Waals surface area contributed by atoms with E-state index in [0.717, 1.165) is 16.5 Å². The van der Waals surface area contributed by atoms with Gasteiger partial charge in [-0.25, -0.2) is 13.1 Å². The third-order valence-corrected chi connectivity index (χ3v) is 5.36. The van der Waals surface area contributed by atoms with Crippen molar-refractivity contribution < 1.29 is 13.2 Å². The first-order valence-corrected chi connectivity index (χ1v) is 9.12. The highest BCUT2D eigenvalue weighted by molar-refractivity contribution is 7.89. The van der Waals surface area contributed by atoms with Gasteiger partial charge in [-0.3, -0.25) is 4.79 Å². The molecule has 0 atom stereocenters. The molecule has 24 heavy (non-hydrogen) atoms. The van der Waals surface area contributed by atoms with Crippen molar-refractivity contribution in [2.24, 2.45) is 0 Å². The molecule has 0 saturated heterocycles. The zero-order valence-electron chi connectivity index (χ0n) is 13.2. The second kappa shape index (κ2) is 6.59. The number of carbonyl (C=O) groups excluding carboxylic acids is 1. The van der Waals surface area contributed by atoms with Crippen LogP contribution in [0.5, 0.6) is 0 Å². The van der Waals surface area contributed by atoms with Gasteiger partial charge in [-0.1, -0.05) is 36.4 Å². The number of hydrogen-bond acceptors (Lipinski definition) is 3. The molecule has 2 N–H and O–H groups in total. The van der Waals surface area contributed by atoms with Gasteiger partial charge < -0.3 is 4.98 Å². The quantitative estimate of drug-likeness (QED) is 0.676. The van der Waals surface area contributed by atoms with E-state index in [2.05, 4.69) is 9.71 Å². The summed E-state index contributed by atoms with van der Waals surface area (Å²) in [5, 5.41) is 0.946. The highest BCUT2D eigenvalue weighted by Crippen LogP contribution is 2.23. The Hall–Kier alpha value is -2.44. The van der Waals surface area contributed by atoms with E-state index in [4.69, 9.17) is 0 Å². The summed E-state index contributed by atoms with van der Waals surface area (Å²) in [6, 6.07) is 15.9. The molecule has 0 bridgehead atoms. The largest absolute Gasteiger partial charge is 0.352 e. The molecule has 1 heterocycles. The van der Waals surface area contributed by atoms with Crippen LogP contribution in [0.15, 0.2) is 59.5 Å². The fourth-order valence-electron chi connectivity index (χ4n) is 2.75. The molecule has 0 saturated carbocycles. The molecule has 2 aromatic carbocycles. The summed E-state index contributed by atoms with van der Waals surface area (Å²) in [5.74, 6) is -0.0629. The number of para-hydroxylation sites is 1. The molecule has 0 radical (unpaired) electrons. The van der Waals surface area contributed by atoms with Crippen LogP contribution in [0.25, 0.3) is 10.9 Å². The van der Waals surface area contributed by atoms with E-state index in [9.17, 15) is 13.2 Å². The molecule has 3 aromatic rings. The number of benzene rings is 2. The topological polar surface area (TPSA) is 79.0 Å². The first-order chi connectivity index (χ1) is 11.5. The molecular weight excluding hydrogens is 324 g/mol. The highest BCUT2D eigenvalue weighted by Gasteiger charge is 2.16. The summed E-state index contributed by atoms with van der Waals surface area (Å²) in [6.07, 6.45) is 0.436. The molecule has 0 spiro atoms. The summed E-state index contributed by atoms with van der Waals surface area (Å²) in [5.41, 5.74) is 2.26. The number of carbonyl (C=O) groups is 1. The van der Waals surface area contributed by atoms with Crippen LogP contribution in [-0.4, -0.2) is 25.7 Å². The van der Waals surface area contributed by atoms with Crippen molar-refractivity contribution in [3.63, 3.8) is 0 Å². The number of nitrogens with one attached hydrogen (secondary N) is 2. The summed E-state index contributed by atoms with van der Waals surface area (Å²) >= 11 is 0. The minimum Gasteiger partial charge on any atom is -0.352 e. The lowest BCUT2D eigenvalue weighted by Crippen LogP contribution is -2.26. The predicted octanol–water partition coefficient (Wildman–Crippen LogP) is 2.89. The maximum Gasteiger partial charge on any atom is 0.240 e. The molecule has 0 aliphatic carbocycles. The van der Waals surface area contributed by atoms with Gasteiger partial charge in [0.05, 0.1) is 10.6 Å². The molecule has 5 nitrogen and oxygen atoms in total. The van der Waals surface area contributed by atoms with Gasteiger partial charge in [0.2, 0.25) is 10.0 Å². The molecule has 1 aromatic heterocycles. The lowest BCUT2D eigenvalue weighted by atomic mass is 10.1. The number of Topliss-reactive ketones (excluding diaryl/α,β-unsaturated/α-hetero) is 1. The van der Waals surface area contributed by atoms with Crippen molar-refractivity contribution in [1.82, 2.24) is 9.71 Å². The van der Waals surface area contributed by atoms with Gasteiger partial charge in [0.15, 0.2) is 5.78 Å². The Morgan fingerprint density at radius 1 is 1.04 bits per heavy atom. The van der Waals surface area contributed by atoms with Gasteiger partial charge in [0.1, 0.15) is 0 Å². The van der Waals surface area contributed by atoms with E-state index < -0.39 is 10.0 Å². The van der Waals surface area contributed by atoms with Gasteiger partial charge >= 0.3 is 0 Å². The molecule has 124 valence electrons. The van der Waals surface area contributed by atoms with Crippen molar-refractivity contribution >= 4 is 26.7 Å². The summed E-state index contributed by atoms with van der Waals surface area (Å²) < 4.78 is 27.1. The Bertz CT molecular complexity index is 976. The van der Waals surface area contributed by atoms with Gasteiger partial charge in [0, 0.05) is 24.4 Å². The van der Waals surface area contributed by atoms with E-state index in [-0.39, 0.29) is 17.2 Å². The van der Waals surface area contributed by atoms with Crippen molar-refractivity contribution in [1.29, 1.82) is 0 Å². The maximum atomic E-state index is 12.3. The van der Waals surface area contributed by atoms with Crippen LogP contribution in [0.4, 0.5) is 0 Å². The van der Waals surface area contributed by atoms with Crippen LogP contribution in [0.1, 0.15) is 23.0 Å². The number of H-pyrrole nitrogens is 1. The van der Waals surface area contributed by atoms with Crippen LogP contribution in [0, 0.1) is 0 Å². The third kappa shape index (κ3) is 3.25. The van der Waals surface area contributed by atoms with E-state index in [1.54, 1.807) is 30.3 Å². The number of aromatic amines is 1. The number of sulfonamides is 1. The molecule has 0 unspecified atom stereocenters. The Kier molecular flexibility index (Phi) is 4.51. The fourth-order valence-corrected chi connectivity index (χ4v) is 3.81. The molecule has 0 aliphatic heterocycles. The second-order valence-corrected chi connectivity index (χ2v) is 7.31. The van der Waals surface area contributed by atoms with Crippen molar-refractivity contribution in [3.05, 3.63) is 65.9 Å². The van der Waals surface area contributed by atoms with Crippen molar-refractivity contribution in [2.75, 3.05) is 6.54 Å². The van der Waals surface area contributed by atoms with Crippen LogP contribution < -0.4 is 4.72 Å². The highest BCUT2D eigenvalue weighted by atomic mass is 32.2. The molecule has 0 aliphatic rings. The average Bonchev–Trinajstić information content (AvgIpc) is 2.95. The third-order valence-electron chi connectivity index (χ3n) is 3.89. The fraction of sp³-hybridized carbons (Fsp3) is 0.167. The number of rotatable bonds is 6. The maximum absolute atomic E-state index is 12.3. The van der Waals surface area contributed by atoms with Gasteiger partial charge in [-0.15, -0.1) is 0 Å². The number of fused-ring (bicyclic) bond motifs is 1. The van der Waals surface area contributed by atoms with E-state index >= 15 is 0 Å². The number of aromatic nitrogens is 1. The lowest BCUT2D eigenvalue weighted by molar-refractivity contribution is 0.101. The first-order valence-electron chi connectivity index (χ1n) is 7.64. The summed E-state index contributed by atoms with van der Waals surface area (Å²) in [7, 11) is -3.55. The zero-order valence-corrected chi connectivity index (χ0v) is 14.1. The van der Waals surface area contributed by atoms with E-state index in [1.165, 1.54) is 6.92 Å². The monoisotopic (exact) mass is 342 g/mol. The Morgan fingerprint density at radius 3 is 2.42 bits per heavy atom. The Labute approximate surface area is 140 Å². The smallest absolute Gasteiger partial charge is 0.240 e. The minimum atomic E-state index is -3.55. The second-order valence-electron chi connectivity index (χ2n) is 5.54. The lowest BCUT2D eigenvalue weighted by Gasteiger charge is -2.07. The average molecular weight is 342 g/mol. The minimum absolute atomic E-state index is 0.0629. The Morgan fingerprint density at radius 2 is 1.71 bits per heavy atom. The van der Waals surface area contributed by atoms with Crippen LogP contribution >= 0.6 is 0 Å². The SMILES string of the molecule is CC(=O)c1[nH]c2ccccc2c1CCNS(=O)(=O)c1ccccc1. The molecular formula is C18H18N2O3S.